The summed E-state index contributed by atoms with van der Waals surface area (Å²) in [5.41, 5.74) is 1.36. The van der Waals surface area contributed by atoms with Crippen molar-refractivity contribution in [1.82, 2.24) is 0 Å². The maximum Gasteiger partial charge on any atom is -0.0243 e. The van der Waals surface area contributed by atoms with Gasteiger partial charge in [0.25, 0.3) is 0 Å². The molecule has 3 fully saturated rings. The maximum absolute atomic E-state index is 2.41. The zero-order valence-electron chi connectivity index (χ0n) is 7.41. The Hall–Kier alpha value is 0. The van der Waals surface area contributed by atoms with Crippen LogP contribution < -0.4 is 0 Å². The molecule has 0 unspecified atom stereocenters. The van der Waals surface area contributed by atoms with Crippen LogP contribution >= 0.6 is 0 Å². The van der Waals surface area contributed by atoms with E-state index in [-0.39, 0.29) is 0 Å². The van der Waals surface area contributed by atoms with Gasteiger partial charge in [0, 0.05) is 0 Å². The first-order chi connectivity index (χ1) is 4.54. The van der Waals surface area contributed by atoms with E-state index in [0.29, 0.717) is 5.41 Å². The van der Waals surface area contributed by atoms with Gasteiger partial charge in [-0.05, 0) is 42.4 Å². The molecule has 10 heavy (non-hydrogen) atoms. The van der Waals surface area contributed by atoms with Crippen LogP contribution in [0.3, 0.4) is 0 Å². The zero-order chi connectivity index (χ0) is 7.41. The minimum Gasteiger partial charge on any atom is -0.0596 e. The quantitative estimate of drug-likeness (QED) is 0.482. The first kappa shape index (κ1) is 6.69. The summed E-state index contributed by atoms with van der Waals surface area (Å²) in [6.45, 7) is 7.23. The van der Waals surface area contributed by atoms with E-state index in [1.807, 2.05) is 0 Å². The zero-order valence-corrected chi connectivity index (χ0v) is 7.41. The molecular weight excluding hydrogens is 120 g/mol. The van der Waals surface area contributed by atoms with Crippen molar-refractivity contribution in [1.29, 1.82) is 0 Å². The van der Waals surface area contributed by atoms with E-state index >= 15 is 0 Å². The van der Waals surface area contributed by atoms with E-state index in [9.17, 15) is 0 Å². The van der Waals surface area contributed by atoms with Gasteiger partial charge in [0.2, 0.25) is 0 Å². The molecule has 3 aliphatic carbocycles. The fourth-order valence-corrected chi connectivity index (χ4v) is 2.92. The van der Waals surface area contributed by atoms with E-state index < -0.39 is 0 Å². The molecule has 0 N–H and O–H groups in total. The van der Waals surface area contributed by atoms with Gasteiger partial charge in [0.1, 0.15) is 0 Å². The highest BCUT2D eigenvalue weighted by atomic mass is 14.6. The average molecular weight is 138 g/mol. The molecule has 0 spiro atoms. The van der Waals surface area contributed by atoms with Gasteiger partial charge in [-0.2, -0.15) is 0 Å². The van der Waals surface area contributed by atoms with Crippen LogP contribution in [0.4, 0.5) is 0 Å². The topological polar surface area (TPSA) is 0 Å². The normalized spacial score (nSPS) is 45.3. The predicted octanol–water partition coefficient (Wildman–Crippen LogP) is 3.22. The molecule has 0 atom stereocenters. The van der Waals surface area contributed by atoms with Gasteiger partial charge in [-0.15, -0.1) is 0 Å². The largest absolute Gasteiger partial charge is 0.0596 e. The van der Waals surface area contributed by atoms with Crippen molar-refractivity contribution in [3.05, 3.63) is 0 Å². The van der Waals surface area contributed by atoms with Gasteiger partial charge in [-0.1, -0.05) is 20.8 Å². The van der Waals surface area contributed by atoms with Crippen molar-refractivity contribution in [2.45, 2.75) is 46.5 Å². The fourth-order valence-electron chi connectivity index (χ4n) is 2.92. The van der Waals surface area contributed by atoms with Gasteiger partial charge in [-0.25, -0.2) is 0 Å². The van der Waals surface area contributed by atoms with E-state index in [1.54, 1.807) is 0 Å². The molecule has 58 valence electrons. The number of hydrogen-bond donors (Lipinski definition) is 0. The summed E-state index contributed by atoms with van der Waals surface area (Å²) in [6, 6.07) is 0. The maximum atomic E-state index is 2.41. The molecule has 0 aliphatic heterocycles. The summed E-state index contributed by atoms with van der Waals surface area (Å²) in [5, 5.41) is 0. The molecule has 3 saturated carbocycles. The number of rotatable bonds is 0. The molecule has 0 radical (unpaired) electrons. The third-order valence-electron chi connectivity index (χ3n) is 3.98. The third kappa shape index (κ3) is 0.627. The lowest BCUT2D eigenvalue weighted by atomic mass is 9.56. The Morgan fingerprint density at radius 3 is 2.00 bits per heavy atom. The molecule has 0 heteroatoms. The molecule has 0 aromatic heterocycles. The molecule has 0 heterocycles. The minimum atomic E-state index is 0.583. The Bertz CT molecular complexity index is 138. The molecule has 0 aromatic rings. The van der Waals surface area contributed by atoms with Crippen molar-refractivity contribution in [2.24, 2.45) is 16.7 Å². The summed E-state index contributed by atoms with van der Waals surface area (Å²) >= 11 is 0. The van der Waals surface area contributed by atoms with Gasteiger partial charge < -0.3 is 0 Å². The monoisotopic (exact) mass is 138 g/mol. The van der Waals surface area contributed by atoms with E-state index in [1.165, 1.54) is 25.7 Å². The first-order valence-corrected chi connectivity index (χ1v) is 4.54. The van der Waals surface area contributed by atoms with Crippen molar-refractivity contribution < 1.29 is 0 Å². The standard InChI is InChI=1S/C10H18/c1-9(2,3)10-5-4-8(6-10)7-10/h8H,4-7H2,1-3H3. The molecular formula is C10H18. The van der Waals surface area contributed by atoms with E-state index in [0.717, 1.165) is 11.3 Å². The summed E-state index contributed by atoms with van der Waals surface area (Å²) in [4.78, 5) is 0. The van der Waals surface area contributed by atoms with Crippen molar-refractivity contribution in [3.8, 4) is 0 Å². The highest BCUT2D eigenvalue weighted by Crippen LogP contribution is 2.66. The minimum absolute atomic E-state index is 0.583. The van der Waals surface area contributed by atoms with Gasteiger partial charge in [-0.3, -0.25) is 0 Å². The van der Waals surface area contributed by atoms with Crippen LogP contribution in [0.15, 0.2) is 0 Å². The van der Waals surface area contributed by atoms with Crippen LogP contribution in [0.5, 0.6) is 0 Å². The predicted molar refractivity (Wildman–Crippen MR) is 43.8 cm³/mol. The highest BCUT2D eigenvalue weighted by molar-refractivity contribution is 5.06. The SMILES string of the molecule is CC(C)(C)C12CCC(C1)C2. The molecule has 3 aliphatic rings. The molecule has 0 aromatic carbocycles. The molecule has 0 saturated heterocycles. The summed E-state index contributed by atoms with van der Waals surface area (Å²) in [6.07, 6.45) is 6.12. The average Bonchev–Trinajstić information content (AvgIpc) is 2.08. The van der Waals surface area contributed by atoms with Crippen LogP contribution in [-0.2, 0) is 0 Å². The van der Waals surface area contributed by atoms with Gasteiger partial charge in [0.05, 0.1) is 0 Å². The van der Waals surface area contributed by atoms with Crippen LogP contribution in [-0.4, -0.2) is 0 Å². The smallest absolute Gasteiger partial charge is 0.0243 e. The Balaban J connectivity index is 2.18. The lowest BCUT2D eigenvalue weighted by molar-refractivity contribution is 0.0104. The Labute approximate surface area is 64.0 Å². The lowest BCUT2D eigenvalue weighted by Gasteiger charge is -2.49. The molecule has 0 amide bonds. The van der Waals surface area contributed by atoms with Gasteiger partial charge >= 0.3 is 0 Å². The van der Waals surface area contributed by atoms with Crippen molar-refractivity contribution in [2.75, 3.05) is 0 Å². The highest BCUT2D eigenvalue weighted by Gasteiger charge is 2.55. The molecule has 0 nitrogen and oxygen atoms in total. The summed E-state index contributed by atoms with van der Waals surface area (Å²) < 4.78 is 0. The first-order valence-electron chi connectivity index (χ1n) is 4.54. The van der Waals surface area contributed by atoms with Gasteiger partial charge in [0.15, 0.2) is 0 Å². The number of fused-ring (bicyclic) bond motifs is 1. The second kappa shape index (κ2) is 1.60. The second-order valence-corrected chi connectivity index (χ2v) is 5.34. The number of hydrogen-bond acceptors (Lipinski definition) is 0. The molecule has 2 bridgehead atoms. The van der Waals surface area contributed by atoms with E-state index in [4.69, 9.17) is 0 Å². The van der Waals surface area contributed by atoms with Crippen molar-refractivity contribution >= 4 is 0 Å². The Morgan fingerprint density at radius 1 is 1.20 bits per heavy atom. The third-order valence-corrected chi connectivity index (χ3v) is 3.98. The van der Waals surface area contributed by atoms with Crippen LogP contribution in [0, 0.1) is 16.7 Å². The Kier molecular flexibility index (Phi) is 1.07. The van der Waals surface area contributed by atoms with E-state index in [2.05, 4.69) is 20.8 Å². The molecule has 3 rings (SSSR count). The van der Waals surface area contributed by atoms with Crippen LogP contribution in [0.2, 0.25) is 0 Å². The lowest BCUT2D eigenvalue weighted by Crippen LogP contribution is -2.39. The second-order valence-electron chi connectivity index (χ2n) is 5.34. The van der Waals surface area contributed by atoms with Crippen LogP contribution in [0.1, 0.15) is 46.5 Å². The van der Waals surface area contributed by atoms with Crippen molar-refractivity contribution in [3.63, 3.8) is 0 Å². The summed E-state index contributed by atoms with van der Waals surface area (Å²) in [7, 11) is 0. The Morgan fingerprint density at radius 2 is 1.80 bits per heavy atom. The summed E-state index contributed by atoms with van der Waals surface area (Å²) in [5.74, 6) is 1.12. The van der Waals surface area contributed by atoms with Crippen LogP contribution in [0.25, 0.3) is 0 Å². The fraction of sp³-hybridized carbons (Fsp3) is 1.00.